The fourth-order valence-electron chi connectivity index (χ4n) is 3.49. The zero-order valence-corrected chi connectivity index (χ0v) is 18.3. The Morgan fingerprint density at radius 1 is 1.16 bits per heavy atom. The van der Waals surface area contributed by atoms with Gasteiger partial charge in [-0.1, -0.05) is 60.2 Å². The van der Waals surface area contributed by atoms with Crippen molar-refractivity contribution in [2.45, 2.75) is 25.9 Å². The lowest BCUT2D eigenvalue weighted by molar-refractivity contribution is -0.121. The van der Waals surface area contributed by atoms with Crippen LogP contribution in [0.1, 0.15) is 29.4 Å². The van der Waals surface area contributed by atoms with E-state index in [1.165, 1.54) is 5.56 Å². The maximum Gasteiger partial charge on any atom is 0.222 e. The molecule has 1 amide bonds. The van der Waals surface area contributed by atoms with Crippen LogP contribution in [0.4, 0.5) is 0 Å². The van der Waals surface area contributed by atoms with Gasteiger partial charge in [0.1, 0.15) is 11.9 Å². The Bertz CT molecular complexity index is 1220. The molecule has 0 saturated carbocycles. The normalized spacial score (nSPS) is 11.9. The van der Waals surface area contributed by atoms with Gasteiger partial charge in [-0.15, -0.1) is 0 Å². The molecule has 1 unspecified atom stereocenters. The molecule has 8 heteroatoms. The van der Waals surface area contributed by atoms with Crippen LogP contribution < -0.4 is 5.32 Å². The highest BCUT2D eigenvalue weighted by atomic mass is 32.1. The van der Waals surface area contributed by atoms with Crippen molar-refractivity contribution >= 4 is 18.1 Å². The number of aromatic amines is 1. The lowest BCUT2D eigenvalue weighted by Crippen LogP contribution is -2.31. The predicted octanol–water partition coefficient (Wildman–Crippen LogP) is 3.95. The number of hydrogen-bond donors (Lipinski definition) is 2. The molecule has 2 aromatic heterocycles. The number of hydrogen-bond acceptors (Lipinski definition) is 4. The molecule has 158 valence electrons. The summed E-state index contributed by atoms with van der Waals surface area (Å²) < 4.78 is 4.27. The number of aryl methyl sites for hydroxylation is 2. The number of carbonyl (C=O) groups is 1. The molecule has 0 saturated heterocycles. The van der Waals surface area contributed by atoms with Gasteiger partial charge in [-0.25, -0.2) is 4.98 Å². The third-order valence-electron chi connectivity index (χ3n) is 5.19. The minimum atomic E-state index is -0.331. The zero-order valence-electron chi connectivity index (χ0n) is 17.4. The third kappa shape index (κ3) is 4.64. The quantitative estimate of drug-likeness (QED) is 0.434. The molecule has 4 aromatic rings. The Morgan fingerprint density at radius 2 is 1.90 bits per heavy atom. The van der Waals surface area contributed by atoms with Gasteiger partial charge in [0.2, 0.25) is 5.91 Å². The number of rotatable bonds is 7. The Kier molecular flexibility index (Phi) is 6.08. The fourth-order valence-corrected chi connectivity index (χ4v) is 3.72. The van der Waals surface area contributed by atoms with Crippen LogP contribution in [0.5, 0.6) is 0 Å². The van der Waals surface area contributed by atoms with E-state index in [-0.39, 0.29) is 18.4 Å². The summed E-state index contributed by atoms with van der Waals surface area (Å²) in [7, 11) is 1.92. The monoisotopic (exact) mass is 432 g/mol. The Labute approximate surface area is 185 Å². The molecule has 0 aliphatic heterocycles. The molecule has 0 aliphatic carbocycles. The van der Waals surface area contributed by atoms with E-state index in [1.54, 1.807) is 6.20 Å². The van der Waals surface area contributed by atoms with Crippen molar-refractivity contribution < 1.29 is 4.79 Å². The number of imidazole rings is 1. The highest BCUT2D eigenvalue weighted by molar-refractivity contribution is 7.71. The predicted molar refractivity (Wildman–Crippen MR) is 122 cm³/mol. The summed E-state index contributed by atoms with van der Waals surface area (Å²) in [5, 5.41) is 10.3. The summed E-state index contributed by atoms with van der Waals surface area (Å²) in [6.45, 7) is 2.46. The van der Waals surface area contributed by atoms with Gasteiger partial charge >= 0.3 is 0 Å². The molecule has 2 N–H and O–H groups in total. The first-order valence-electron chi connectivity index (χ1n) is 10.1. The van der Waals surface area contributed by atoms with Crippen molar-refractivity contribution in [1.82, 2.24) is 29.6 Å². The van der Waals surface area contributed by atoms with Gasteiger partial charge in [0, 0.05) is 38.0 Å². The largest absolute Gasteiger partial charge is 0.342 e. The standard InChI is InChI=1S/C23H24N6OS/c1-16-8-10-18(11-9-16)21-26-27-23(31)29(21)14-12-19(30)25-20(17-6-4-3-5-7-17)22-24-13-15-28(22)2/h3-11,13,15,20H,12,14H2,1-2H3,(H,25,30)(H,27,31). The van der Waals surface area contributed by atoms with E-state index in [0.29, 0.717) is 11.3 Å². The molecular weight excluding hydrogens is 408 g/mol. The molecule has 2 heterocycles. The molecule has 0 radical (unpaired) electrons. The lowest BCUT2D eigenvalue weighted by Gasteiger charge is -2.19. The maximum atomic E-state index is 12.9. The van der Waals surface area contributed by atoms with Gasteiger partial charge in [0.05, 0.1) is 0 Å². The highest BCUT2D eigenvalue weighted by Gasteiger charge is 2.21. The van der Waals surface area contributed by atoms with Gasteiger partial charge in [-0.05, 0) is 24.7 Å². The van der Waals surface area contributed by atoms with Crippen molar-refractivity contribution in [2.24, 2.45) is 7.05 Å². The molecule has 0 fully saturated rings. The molecular formula is C23H24N6OS. The Hall–Kier alpha value is -3.52. The summed E-state index contributed by atoms with van der Waals surface area (Å²) in [6.07, 6.45) is 3.87. The summed E-state index contributed by atoms with van der Waals surface area (Å²) in [5.74, 6) is 1.41. The first-order valence-corrected chi connectivity index (χ1v) is 10.5. The SMILES string of the molecule is Cc1ccc(-c2n[nH]c(=S)n2CCC(=O)NC(c2ccccc2)c2nccn2C)cc1. The van der Waals surface area contributed by atoms with Crippen molar-refractivity contribution in [3.63, 3.8) is 0 Å². The van der Waals surface area contributed by atoms with Crippen LogP contribution in [-0.2, 0) is 18.4 Å². The molecule has 0 spiro atoms. The second kappa shape index (κ2) is 9.09. The van der Waals surface area contributed by atoms with E-state index in [4.69, 9.17) is 12.2 Å². The van der Waals surface area contributed by atoms with Gasteiger partial charge in [-0.2, -0.15) is 5.10 Å². The first-order chi connectivity index (χ1) is 15.0. The summed E-state index contributed by atoms with van der Waals surface area (Å²) >= 11 is 5.40. The van der Waals surface area contributed by atoms with Crippen LogP contribution in [0.3, 0.4) is 0 Å². The van der Waals surface area contributed by atoms with Crippen molar-refractivity contribution in [3.05, 3.63) is 88.7 Å². The summed E-state index contributed by atoms with van der Waals surface area (Å²) in [6, 6.07) is 17.6. The number of carbonyl (C=O) groups excluding carboxylic acids is 1. The van der Waals surface area contributed by atoms with Crippen LogP contribution in [0.25, 0.3) is 11.4 Å². The van der Waals surface area contributed by atoms with Gasteiger partial charge in [0.25, 0.3) is 0 Å². The van der Waals surface area contributed by atoms with Crippen molar-refractivity contribution in [1.29, 1.82) is 0 Å². The number of nitrogens with one attached hydrogen (secondary N) is 2. The topological polar surface area (TPSA) is 80.5 Å². The van der Waals surface area contributed by atoms with Crippen LogP contribution in [0.15, 0.2) is 67.0 Å². The van der Waals surface area contributed by atoms with Crippen LogP contribution in [-0.4, -0.2) is 30.2 Å². The number of benzene rings is 2. The first kappa shape index (κ1) is 20.7. The van der Waals surface area contributed by atoms with Crippen molar-refractivity contribution in [2.75, 3.05) is 0 Å². The van der Waals surface area contributed by atoms with Gasteiger partial charge in [-0.3, -0.25) is 14.5 Å². The smallest absolute Gasteiger partial charge is 0.222 e. The number of nitrogens with zero attached hydrogens (tertiary/aromatic N) is 4. The van der Waals surface area contributed by atoms with E-state index in [0.717, 1.165) is 22.8 Å². The van der Waals surface area contributed by atoms with E-state index < -0.39 is 0 Å². The Morgan fingerprint density at radius 3 is 2.58 bits per heavy atom. The zero-order chi connectivity index (χ0) is 21.8. The van der Waals surface area contributed by atoms with E-state index in [2.05, 4.69) is 20.5 Å². The van der Waals surface area contributed by atoms with E-state index in [9.17, 15) is 4.79 Å². The molecule has 1 atom stereocenters. The van der Waals surface area contributed by atoms with Crippen LogP contribution in [0, 0.1) is 11.7 Å². The average molecular weight is 433 g/mol. The minimum absolute atomic E-state index is 0.0881. The second-order valence-electron chi connectivity index (χ2n) is 7.43. The third-order valence-corrected chi connectivity index (χ3v) is 5.50. The average Bonchev–Trinajstić information content (AvgIpc) is 3.37. The number of amides is 1. The Balaban J connectivity index is 1.51. The molecule has 4 rings (SSSR count). The number of aromatic nitrogens is 5. The highest BCUT2D eigenvalue weighted by Crippen LogP contribution is 2.21. The molecule has 7 nitrogen and oxygen atoms in total. The summed E-state index contributed by atoms with van der Waals surface area (Å²) in [4.78, 5) is 17.3. The number of H-pyrrole nitrogens is 1. The van der Waals surface area contributed by atoms with Crippen LogP contribution >= 0.6 is 12.2 Å². The van der Waals surface area contributed by atoms with E-state index in [1.807, 2.05) is 83.9 Å². The molecule has 2 aromatic carbocycles. The lowest BCUT2D eigenvalue weighted by atomic mass is 10.1. The van der Waals surface area contributed by atoms with Gasteiger partial charge < -0.3 is 9.88 Å². The van der Waals surface area contributed by atoms with Gasteiger partial charge in [0.15, 0.2) is 10.6 Å². The molecule has 0 bridgehead atoms. The van der Waals surface area contributed by atoms with Crippen molar-refractivity contribution in [3.8, 4) is 11.4 Å². The fraction of sp³-hybridized carbons (Fsp3) is 0.217. The maximum absolute atomic E-state index is 12.9. The summed E-state index contributed by atoms with van der Waals surface area (Å²) in [5.41, 5.74) is 3.10. The second-order valence-corrected chi connectivity index (χ2v) is 7.81. The van der Waals surface area contributed by atoms with E-state index >= 15 is 0 Å². The minimum Gasteiger partial charge on any atom is -0.342 e. The molecule has 0 aliphatic rings. The van der Waals surface area contributed by atoms with Crippen LogP contribution in [0.2, 0.25) is 0 Å². The molecule has 31 heavy (non-hydrogen) atoms.